The molecular weight excluding hydrogens is 452 g/mol. The third kappa shape index (κ3) is 4.57. The van der Waals surface area contributed by atoms with E-state index < -0.39 is 50.5 Å². The van der Waals surface area contributed by atoms with Crippen LogP contribution in [0, 0.1) is 0 Å². The van der Waals surface area contributed by atoms with Crippen molar-refractivity contribution in [2.45, 2.75) is 23.6 Å². The van der Waals surface area contributed by atoms with Gasteiger partial charge in [-0.1, -0.05) is 30.3 Å². The molecule has 11 nitrogen and oxygen atoms in total. The standard InChI is InChI=1S/C18H18N2O9S2/c1-9(21)29-7-11-8-30-17-12(16(23)20(17)13(11)18(24)25)19-15(22)14(31(26,27)28)10-5-3-2-4-6-10/h2-6,12,14,17H,7-8H2,1H3,(H,19,22)(H,24,25)(H,26,27,28)/t12-,14+,17-/m1/s1. The van der Waals surface area contributed by atoms with Gasteiger partial charge >= 0.3 is 11.9 Å². The lowest BCUT2D eigenvalue weighted by atomic mass is 10.0. The second-order valence-corrected chi connectivity index (χ2v) is 9.35. The second-order valence-electron chi connectivity index (χ2n) is 6.74. The minimum Gasteiger partial charge on any atom is -0.477 e. The Morgan fingerprint density at radius 3 is 2.48 bits per heavy atom. The number of nitrogens with one attached hydrogen (secondary N) is 1. The van der Waals surface area contributed by atoms with Crippen LogP contribution in [0.2, 0.25) is 0 Å². The van der Waals surface area contributed by atoms with Crippen LogP contribution in [0.1, 0.15) is 17.7 Å². The number of esters is 1. The predicted molar refractivity (Wildman–Crippen MR) is 107 cm³/mol. The van der Waals surface area contributed by atoms with Gasteiger partial charge in [0, 0.05) is 18.2 Å². The molecule has 1 fully saturated rings. The van der Waals surface area contributed by atoms with Crippen molar-refractivity contribution in [1.29, 1.82) is 0 Å². The van der Waals surface area contributed by atoms with E-state index in [0.29, 0.717) is 0 Å². The van der Waals surface area contributed by atoms with Gasteiger partial charge in [-0.2, -0.15) is 8.42 Å². The van der Waals surface area contributed by atoms with Gasteiger partial charge in [0.25, 0.3) is 16.0 Å². The van der Waals surface area contributed by atoms with E-state index in [-0.39, 0.29) is 29.2 Å². The lowest BCUT2D eigenvalue weighted by molar-refractivity contribution is -0.151. The number of fused-ring (bicyclic) bond motifs is 1. The molecule has 0 spiro atoms. The molecule has 2 aliphatic rings. The maximum absolute atomic E-state index is 12.7. The molecule has 1 aromatic rings. The first-order valence-electron chi connectivity index (χ1n) is 8.87. The van der Waals surface area contributed by atoms with Crippen LogP contribution < -0.4 is 5.32 Å². The molecule has 2 heterocycles. The first-order valence-corrected chi connectivity index (χ1v) is 11.4. The maximum Gasteiger partial charge on any atom is 0.352 e. The van der Waals surface area contributed by atoms with E-state index in [2.05, 4.69) is 5.32 Å². The molecule has 2 amide bonds. The predicted octanol–water partition coefficient (Wildman–Crippen LogP) is -0.0828. The van der Waals surface area contributed by atoms with Gasteiger partial charge < -0.3 is 15.2 Å². The van der Waals surface area contributed by atoms with Crippen LogP contribution in [0.4, 0.5) is 0 Å². The zero-order valence-electron chi connectivity index (χ0n) is 16.0. The molecule has 166 valence electrons. The smallest absolute Gasteiger partial charge is 0.352 e. The summed E-state index contributed by atoms with van der Waals surface area (Å²) in [5, 5.41) is 9.09. The van der Waals surface area contributed by atoms with E-state index in [0.717, 1.165) is 16.7 Å². The number of aliphatic carboxylic acids is 1. The molecule has 0 unspecified atom stereocenters. The zero-order valence-corrected chi connectivity index (χ0v) is 17.7. The fraction of sp³-hybridized carbons (Fsp3) is 0.333. The number of hydrogen-bond donors (Lipinski definition) is 3. The SMILES string of the molecule is CC(=O)OCC1=C(C(=O)O)N2C(=O)[C@@H](NC(=O)[C@H](c3ccccc3)S(=O)(=O)O)[C@H]2SC1. The Hall–Kier alpha value is -2.90. The highest BCUT2D eigenvalue weighted by Gasteiger charge is 2.55. The number of hydrogen-bond acceptors (Lipinski definition) is 8. The fourth-order valence-corrected chi connectivity index (χ4v) is 5.47. The highest BCUT2D eigenvalue weighted by atomic mass is 32.2. The van der Waals surface area contributed by atoms with Gasteiger partial charge in [0.1, 0.15) is 23.7 Å². The van der Waals surface area contributed by atoms with Crippen molar-refractivity contribution >= 4 is 45.6 Å². The summed E-state index contributed by atoms with van der Waals surface area (Å²) in [5.74, 6) is -3.76. The molecular formula is C18H18N2O9S2. The van der Waals surface area contributed by atoms with Crippen LogP contribution in [0.3, 0.4) is 0 Å². The summed E-state index contributed by atoms with van der Waals surface area (Å²) in [6.07, 6.45) is 0. The Kier molecular flexibility index (Phi) is 6.38. The molecule has 0 aliphatic carbocycles. The summed E-state index contributed by atoms with van der Waals surface area (Å²) in [4.78, 5) is 49.0. The van der Waals surface area contributed by atoms with Crippen LogP contribution in [0.25, 0.3) is 0 Å². The number of amides is 2. The fourth-order valence-electron chi connectivity index (χ4n) is 3.30. The molecule has 1 saturated heterocycles. The molecule has 31 heavy (non-hydrogen) atoms. The molecule has 0 radical (unpaired) electrons. The summed E-state index contributed by atoms with van der Waals surface area (Å²) in [5.41, 5.74) is -0.103. The summed E-state index contributed by atoms with van der Waals surface area (Å²) < 4.78 is 38.0. The van der Waals surface area contributed by atoms with E-state index in [1.54, 1.807) is 6.07 Å². The molecule has 3 atom stereocenters. The van der Waals surface area contributed by atoms with Gasteiger partial charge in [0.2, 0.25) is 5.91 Å². The number of carbonyl (C=O) groups excluding carboxylic acids is 3. The van der Waals surface area contributed by atoms with E-state index in [1.807, 2.05) is 0 Å². The number of carboxylic acid groups (broad SMARTS) is 1. The minimum atomic E-state index is -4.84. The van der Waals surface area contributed by atoms with Crippen molar-refractivity contribution in [3.63, 3.8) is 0 Å². The normalized spacial score (nSPS) is 21.6. The Morgan fingerprint density at radius 1 is 1.29 bits per heavy atom. The number of benzene rings is 1. The van der Waals surface area contributed by atoms with Gasteiger partial charge in [-0.3, -0.25) is 23.8 Å². The average molecular weight is 470 g/mol. The number of nitrogens with zero attached hydrogens (tertiary/aromatic N) is 1. The van der Waals surface area contributed by atoms with Crippen molar-refractivity contribution in [2.75, 3.05) is 12.4 Å². The first-order chi connectivity index (χ1) is 14.5. The third-order valence-electron chi connectivity index (χ3n) is 4.64. The Balaban J connectivity index is 1.81. The molecule has 13 heteroatoms. The minimum absolute atomic E-state index is 0.0113. The Bertz CT molecular complexity index is 1070. The van der Waals surface area contributed by atoms with Crippen molar-refractivity contribution in [2.24, 2.45) is 0 Å². The largest absolute Gasteiger partial charge is 0.477 e. The number of rotatable bonds is 7. The van der Waals surface area contributed by atoms with Gasteiger partial charge in [0.05, 0.1) is 0 Å². The lowest BCUT2D eigenvalue weighted by Gasteiger charge is -2.49. The first kappa shape index (κ1) is 22.8. The maximum atomic E-state index is 12.7. The highest BCUT2D eigenvalue weighted by molar-refractivity contribution is 8.00. The summed E-state index contributed by atoms with van der Waals surface area (Å²) >= 11 is 1.13. The quantitative estimate of drug-likeness (QED) is 0.278. The average Bonchev–Trinajstić information content (AvgIpc) is 2.69. The van der Waals surface area contributed by atoms with E-state index in [4.69, 9.17) is 4.74 Å². The number of ether oxygens (including phenoxy) is 1. The van der Waals surface area contributed by atoms with Crippen LogP contribution in [0.5, 0.6) is 0 Å². The van der Waals surface area contributed by atoms with Gasteiger partial charge in [0.15, 0.2) is 5.25 Å². The monoisotopic (exact) mass is 470 g/mol. The van der Waals surface area contributed by atoms with Crippen molar-refractivity contribution in [3.8, 4) is 0 Å². The number of carbonyl (C=O) groups is 4. The summed E-state index contributed by atoms with van der Waals surface area (Å²) in [6.45, 7) is 0.870. The molecule has 1 aromatic carbocycles. The Morgan fingerprint density at radius 2 is 1.94 bits per heavy atom. The number of carboxylic acids is 1. The lowest BCUT2D eigenvalue weighted by Crippen LogP contribution is -2.71. The van der Waals surface area contributed by atoms with Crippen LogP contribution in [-0.4, -0.2) is 70.5 Å². The van der Waals surface area contributed by atoms with Crippen LogP contribution >= 0.6 is 11.8 Å². The summed E-state index contributed by atoms with van der Waals surface area (Å²) in [6, 6.07) is 6.08. The zero-order chi connectivity index (χ0) is 22.9. The molecule has 2 aliphatic heterocycles. The third-order valence-corrected chi connectivity index (χ3v) is 7.06. The highest BCUT2D eigenvalue weighted by Crippen LogP contribution is 2.40. The van der Waals surface area contributed by atoms with Crippen LogP contribution in [-0.2, 0) is 34.0 Å². The second kappa shape index (κ2) is 8.69. The van der Waals surface area contributed by atoms with Crippen molar-refractivity contribution < 1.29 is 42.0 Å². The van der Waals surface area contributed by atoms with Gasteiger partial charge in [-0.05, 0) is 5.56 Å². The van der Waals surface area contributed by atoms with Crippen molar-refractivity contribution in [3.05, 3.63) is 47.2 Å². The molecule has 3 rings (SSSR count). The van der Waals surface area contributed by atoms with Gasteiger partial charge in [-0.15, -0.1) is 11.8 Å². The summed E-state index contributed by atoms with van der Waals surface area (Å²) in [7, 11) is -4.84. The van der Waals surface area contributed by atoms with Gasteiger partial charge in [-0.25, -0.2) is 4.79 Å². The molecule has 0 saturated carbocycles. The number of β-lactam (4-membered cyclic amide) rings is 1. The molecule has 0 bridgehead atoms. The molecule has 3 N–H and O–H groups in total. The topological polar surface area (TPSA) is 167 Å². The van der Waals surface area contributed by atoms with E-state index >= 15 is 0 Å². The van der Waals surface area contributed by atoms with Crippen LogP contribution in [0.15, 0.2) is 41.6 Å². The molecule has 0 aromatic heterocycles. The van der Waals surface area contributed by atoms with Crippen molar-refractivity contribution in [1.82, 2.24) is 10.2 Å². The number of thioether (sulfide) groups is 1. The van der Waals surface area contributed by atoms with E-state index in [9.17, 15) is 37.3 Å². The Labute approximate surface area is 181 Å². The van der Waals surface area contributed by atoms with E-state index in [1.165, 1.54) is 31.2 Å².